The zero-order chi connectivity index (χ0) is 13.2. The fraction of sp³-hybridized carbons (Fsp3) is 0.818. The van der Waals surface area contributed by atoms with Gasteiger partial charge in [-0.05, 0) is 13.0 Å². The normalized spacial score (nSPS) is 21.4. The first-order valence-corrected chi connectivity index (χ1v) is 5.80. The van der Waals surface area contributed by atoms with Crippen LogP contribution < -0.4 is 5.73 Å². The van der Waals surface area contributed by atoms with E-state index in [1.165, 1.54) is 0 Å². The van der Waals surface area contributed by atoms with Crippen LogP contribution in [0.2, 0.25) is 0 Å². The Morgan fingerprint density at radius 2 is 1.71 bits per heavy atom. The number of carbonyl (C=O) groups is 2. The van der Waals surface area contributed by atoms with Crippen LogP contribution in [0.4, 0.5) is 0 Å². The molecule has 1 amide bonds. The predicted molar refractivity (Wildman–Crippen MR) is 63.5 cm³/mol. The van der Waals surface area contributed by atoms with E-state index in [1.807, 2.05) is 7.05 Å². The van der Waals surface area contributed by atoms with Gasteiger partial charge in [-0.2, -0.15) is 0 Å². The first-order chi connectivity index (χ1) is 7.80. The summed E-state index contributed by atoms with van der Waals surface area (Å²) in [6.07, 6.45) is 0. The second kappa shape index (κ2) is 5.01. The Morgan fingerprint density at radius 3 is 2.06 bits per heavy atom. The minimum Gasteiger partial charge on any atom is -0.479 e. The number of carbonyl (C=O) groups excluding carboxylic acids is 1. The molecule has 0 unspecified atom stereocenters. The monoisotopic (exact) mass is 243 g/mol. The lowest BCUT2D eigenvalue weighted by molar-refractivity contribution is -0.156. The fourth-order valence-corrected chi connectivity index (χ4v) is 1.86. The zero-order valence-electron chi connectivity index (χ0n) is 10.6. The lowest BCUT2D eigenvalue weighted by Gasteiger charge is -2.38. The van der Waals surface area contributed by atoms with E-state index in [1.54, 1.807) is 18.7 Å². The van der Waals surface area contributed by atoms with Crippen LogP contribution in [0.1, 0.15) is 13.8 Å². The van der Waals surface area contributed by atoms with Crippen LogP contribution >= 0.6 is 0 Å². The molecular formula is C11H21N3O3. The van der Waals surface area contributed by atoms with Crippen molar-refractivity contribution in [3.05, 3.63) is 0 Å². The third kappa shape index (κ3) is 2.58. The summed E-state index contributed by atoms with van der Waals surface area (Å²) in [7, 11) is 1.97. The van der Waals surface area contributed by atoms with Crippen LogP contribution in [-0.4, -0.2) is 65.5 Å². The molecule has 0 aliphatic carbocycles. The maximum atomic E-state index is 12.2. The minimum absolute atomic E-state index is 0.438. The van der Waals surface area contributed by atoms with Crippen molar-refractivity contribution in [1.29, 1.82) is 0 Å². The summed E-state index contributed by atoms with van der Waals surface area (Å²) in [5, 5.41) is 9.17. The van der Waals surface area contributed by atoms with E-state index < -0.39 is 23.3 Å². The molecule has 3 N–H and O–H groups in total. The van der Waals surface area contributed by atoms with Gasteiger partial charge in [-0.1, -0.05) is 13.8 Å². The molecule has 1 heterocycles. The number of rotatable bonds is 3. The summed E-state index contributed by atoms with van der Waals surface area (Å²) < 4.78 is 0. The van der Waals surface area contributed by atoms with E-state index in [0.717, 1.165) is 13.1 Å². The summed E-state index contributed by atoms with van der Waals surface area (Å²) in [6.45, 7) is 5.88. The second-order valence-electron chi connectivity index (χ2n) is 4.92. The zero-order valence-corrected chi connectivity index (χ0v) is 10.6. The van der Waals surface area contributed by atoms with Crippen molar-refractivity contribution >= 4 is 11.9 Å². The van der Waals surface area contributed by atoms with Crippen molar-refractivity contribution in [2.75, 3.05) is 33.2 Å². The number of piperazine rings is 1. The van der Waals surface area contributed by atoms with Gasteiger partial charge in [0.15, 0.2) is 5.54 Å². The second-order valence-corrected chi connectivity index (χ2v) is 4.92. The number of hydrogen-bond donors (Lipinski definition) is 2. The molecule has 0 aromatic heterocycles. The van der Waals surface area contributed by atoms with Crippen molar-refractivity contribution in [1.82, 2.24) is 9.80 Å². The lowest BCUT2D eigenvalue weighted by atomic mass is 9.86. The molecule has 0 bridgehead atoms. The standard InChI is InChI=1S/C11H21N3O3/c1-8(2)11(12,10(16)17)9(15)14-6-4-13(3)5-7-14/h8H,4-7,12H2,1-3H3,(H,16,17)/t11-/m0/s1. The fourth-order valence-electron chi connectivity index (χ4n) is 1.86. The highest BCUT2D eigenvalue weighted by Gasteiger charge is 2.47. The lowest BCUT2D eigenvalue weighted by Crippen LogP contribution is -2.65. The molecule has 0 radical (unpaired) electrons. The Hall–Kier alpha value is -1.14. The quantitative estimate of drug-likeness (QED) is 0.634. The highest BCUT2D eigenvalue weighted by molar-refractivity contribution is 6.06. The largest absolute Gasteiger partial charge is 0.479 e. The molecule has 1 fully saturated rings. The van der Waals surface area contributed by atoms with E-state index in [2.05, 4.69) is 4.90 Å². The van der Waals surface area contributed by atoms with Gasteiger partial charge in [-0.25, -0.2) is 4.79 Å². The van der Waals surface area contributed by atoms with Crippen LogP contribution in [0.15, 0.2) is 0 Å². The number of likely N-dealkylation sites (N-methyl/N-ethyl adjacent to an activating group) is 1. The maximum Gasteiger partial charge on any atom is 0.333 e. The van der Waals surface area contributed by atoms with E-state index in [0.29, 0.717) is 13.1 Å². The Bertz CT molecular complexity index is 311. The first kappa shape index (κ1) is 13.9. The summed E-state index contributed by atoms with van der Waals surface area (Å²) >= 11 is 0. The number of nitrogens with two attached hydrogens (primary N) is 1. The highest BCUT2D eigenvalue weighted by Crippen LogP contribution is 2.18. The molecule has 0 spiro atoms. The van der Waals surface area contributed by atoms with E-state index >= 15 is 0 Å². The number of aliphatic carboxylic acids is 1. The Labute approximate surface area is 101 Å². The van der Waals surface area contributed by atoms with Gasteiger partial charge in [-0.15, -0.1) is 0 Å². The topological polar surface area (TPSA) is 86.9 Å². The molecule has 17 heavy (non-hydrogen) atoms. The molecule has 0 aromatic rings. The average molecular weight is 243 g/mol. The predicted octanol–water partition coefficient (Wildman–Crippen LogP) is -0.801. The third-order valence-corrected chi connectivity index (χ3v) is 3.41. The Morgan fingerprint density at radius 1 is 1.24 bits per heavy atom. The third-order valence-electron chi connectivity index (χ3n) is 3.41. The summed E-state index contributed by atoms with van der Waals surface area (Å²) in [5.41, 5.74) is 3.98. The van der Waals surface area contributed by atoms with Gasteiger partial charge in [0, 0.05) is 26.2 Å². The van der Waals surface area contributed by atoms with Crippen LogP contribution in [-0.2, 0) is 9.59 Å². The Balaban J connectivity index is 2.83. The molecule has 1 saturated heterocycles. The molecule has 1 aliphatic heterocycles. The van der Waals surface area contributed by atoms with Gasteiger partial charge >= 0.3 is 5.97 Å². The van der Waals surface area contributed by atoms with Crippen molar-refractivity contribution in [3.8, 4) is 0 Å². The minimum atomic E-state index is -1.81. The van der Waals surface area contributed by atoms with Gasteiger partial charge in [0.2, 0.25) is 0 Å². The molecule has 1 atom stereocenters. The van der Waals surface area contributed by atoms with E-state index in [9.17, 15) is 14.7 Å². The molecule has 6 heteroatoms. The van der Waals surface area contributed by atoms with Crippen LogP contribution in [0.5, 0.6) is 0 Å². The number of carboxylic acids is 1. The number of nitrogens with zero attached hydrogens (tertiary/aromatic N) is 2. The summed E-state index contributed by atoms with van der Waals surface area (Å²) in [5.74, 6) is -2.17. The summed E-state index contributed by atoms with van der Waals surface area (Å²) in [6, 6.07) is 0. The van der Waals surface area contributed by atoms with Gasteiger partial charge in [-0.3, -0.25) is 4.79 Å². The number of carboxylic acid groups (broad SMARTS) is 1. The van der Waals surface area contributed by atoms with Gasteiger partial charge in [0.1, 0.15) is 0 Å². The first-order valence-electron chi connectivity index (χ1n) is 5.80. The number of amides is 1. The van der Waals surface area contributed by atoms with Crippen LogP contribution in [0, 0.1) is 5.92 Å². The molecular weight excluding hydrogens is 222 g/mol. The molecule has 0 aromatic carbocycles. The Kier molecular flexibility index (Phi) is 4.11. The van der Waals surface area contributed by atoms with Crippen molar-refractivity contribution in [3.63, 3.8) is 0 Å². The van der Waals surface area contributed by atoms with Crippen molar-refractivity contribution < 1.29 is 14.7 Å². The molecule has 6 nitrogen and oxygen atoms in total. The van der Waals surface area contributed by atoms with Gasteiger partial charge in [0.25, 0.3) is 5.91 Å². The van der Waals surface area contributed by atoms with E-state index in [4.69, 9.17) is 5.73 Å². The molecule has 98 valence electrons. The average Bonchev–Trinajstić information content (AvgIpc) is 2.27. The van der Waals surface area contributed by atoms with E-state index in [-0.39, 0.29) is 0 Å². The van der Waals surface area contributed by atoms with Crippen molar-refractivity contribution in [2.45, 2.75) is 19.4 Å². The summed E-state index contributed by atoms with van der Waals surface area (Å²) in [4.78, 5) is 27.1. The molecule has 0 saturated carbocycles. The highest BCUT2D eigenvalue weighted by atomic mass is 16.4. The molecule has 1 rings (SSSR count). The maximum absolute atomic E-state index is 12.2. The molecule has 1 aliphatic rings. The van der Waals surface area contributed by atoms with Crippen molar-refractivity contribution in [2.24, 2.45) is 11.7 Å². The van der Waals surface area contributed by atoms with Gasteiger partial charge in [0.05, 0.1) is 0 Å². The van der Waals surface area contributed by atoms with Gasteiger partial charge < -0.3 is 20.6 Å². The number of hydrogen-bond acceptors (Lipinski definition) is 4. The SMILES string of the molecule is CC(C)[C@@](N)(C(=O)O)C(=O)N1CCN(C)CC1. The van der Waals surface area contributed by atoms with Crippen LogP contribution in [0.25, 0.3) is 0 Å². The smallest absolute Gasteiger partial charge is 0.333 e. The van der Waals surface area contributed by atoms with Crippen LogP contribution in [0.3, 0.4) is 0 Å².